The number of carbonyl (C=O) groups excluding carboxylic acids is 2. The molecule has 0 bridgehead atoms. The van der Waals surface area contributed by atoms with Crippen molar-refractivity contribution in [1.82, 2.24) is 4.90 Å². The van der Waals surface area contributed by atoms with Gasteiger partial charge < -0.3 is 20.0 Å². The van der Waals surface area contributed by atoms with E-state index >= 15 is 0 Å². The first-order chi connectivity index (χ1) is 15.5. The van der Waals surface area contributed by atoms with Gasteiger partial charge in [0, 0.05) is 55.9 Å². The summed E-state index contributed by atoms with van der Waals surface area (Å²) in [5.74, 6) is -0.414. The Morgan fingerprint density at radius 1 is 0.875 bits per heavy atom. The summed E-state index contributed by atoms with van der Waals surface area (Å²) in [6.07, 6.45) is 0. The van der Waals surface area contributed by atoms with Crippen molar-refractivity contribution in [3.8, 4) is 0 Å². The number of benzene rings is 3. The fourth-order valence-electron chi connectivity index (χ4n) is 3.71. The van der Waals surface area contributed by atoms with Crippen LogP contribution < -0.4 is 15.1 Å². The monoisotopic (exact) mass is 432 g/mol. The van der Waals surface area contributed by atoms with Crippen molar-refractivity contribution in [3.05, 3.63) is 90.2 Å². The summed E-state index contributed by atoms with van der Waals surface area (Å²) in [5.41, 5.74) is 2.81. The SMILES string of the molecule is CN(C(=O)c1cccc(NC(=O)N2CCN(c3ccc(F)cc3)CC2)c1)c1ccccc1. The van der Waals surface area contributed by atoms with Gasteiger partial charge in [0.1, 0.15) is 5.82 Å². The summed E-state index contributed by atoms with van der Waals surface area (Å²) in [5, 5.41) is 2.90. The molecular weight excluding hydrogens is 407 g/mol. The molecule has 1 aliphatic heterocycles. The second kappa shape index (κ2) is 9.51. The molecule has 3 aromatic rings. The average molecular weight is 432 g/mol. The Bertz CT molecular complexity index is 1080. The lowest BCUT2D eigenvalue weighted by Gasteiger charge is -2.36. The van der Waals surface area contributed by atoms with Crippen molar-refractivity contribution in [3.63, 3.8) is 0 Å². The zero-order valence-electron chi connectivity index (χ0n) is 17.9. The van der Waals surface area contributed by atoms with Crippen molar-refractivity contribution in [2.75, 3.05) is 48.3 Å². The number of nitrogens with one attached hydrogen (secondary N) is 1. The van der Waals surface area contributed by atoms with Crippen LogP contribution in [0.15, 0.2) is 78.9 Å². The fourth-order valence-corrected chi connectivity index (χ4v) is 3.71. The van der Waals surface area contributed by atoms with Gasteiger partial charge in [-0.25, -0.2) is 9.18 Å². The van der Waals surface area contributed by atoms with Gasteiger partial charge >= 0.3 is 6.03 Å². The number of halogens is 1. The number of piperazine rings is 1. The van der Waals surface area contributed by atoms with Crippen molar-refractivity contribution in [2.24, 2.45) is 0 Å². The molecular formula is C25H25FN4O2. The van der Waals surface area contributed by atoms with E-state index in [1.807, 2.05) is 30.3 Å². The molecule has 0 unspecified atom stereocenters. The van der Waals surface area contributed by atoms with Crippen LogP contribution in [0.1, 0.15) is 10.4 Å². The third kappa shape index (κ3) is 4.88. The van der Waals surface area contributed by atoms with E-state index in [9.17, 15) is 14.0 Å². The predicted octanol–water partition coefficient (Wildman–Crippen LogP) is 4.46. The third-order valence-corrected chi connectivity index (χ3v) is 5.57. The standard InChI is InChI=1S/C25H25FN4O2/c1-28(22-8-3-2-4-9-22)24(31)19-6-5-7-21(18-19)27-25(32)30-16-14-29(15-17-30)23-12-10-20(26)11-13-23/h2-13,18H,14-17H2,1H3,(H,27,32). The van der Waals surface area contributed by atoms with Crippen LogP contribution in [0.2, 0.25) is 0 Å². The van der Waals surface area contributed by atoms with Crippen LogP contribution >= 0.6 is 0 Å². The number of urea groups is 1. The number of anilines is 3. The van der Waals surface area contributed by atoms with E-state index < -0.39 is 0 Å². The Hall–Kier alpha value is -3.87. The molecule has 3 aromatic carbocycles. The second-order valence-corrected chi connectivity index (χ2v) is 7.66. The van der Waals surface area contributed by atoms with Gasteiger partial charge in [-0.2, -0.15) is 0 Å². The lowest BCUT2D eigenvalue weighted by atomic mass is 10.1. The molecule has 6 nitrogen and oxygen atoms in total. The minimum absolute atomic E-state index is 0.153. The van der Waals surface area contributed by atoms with Crippen LogP contribution in [0.3, 0.4) is 0 Å². The Morgan fingerprint density at radius 2 is 1.56 bits per heavy atom. The average Bonchev–Trinajstić information content (AvgIpc) is 2.84. The molecule has 0 atom stereocenters. The molecule has 0 spiro atoms. The van der Waals surface area contributed by atoms with E-state index in [4.69, 9.17) is 0 Å². The molecule has 0 aliphatic carbocycles. The maximum atomic E-state index is 13.1. The zero-order chi connectivity index (χ0) is 22.5. The van der Waals surface area contributed by atoms with Gasteiger partial charge in [0.15, 0.2) is 0 Å². The first-order valence-corrected chi connectivity index (χ1v) is 10.5. The summed E-state index contributed by atoms with van der Waals surface area (Å²) in [6.45, 7) is 2.44. The Balaban J connectivity index is 1.36. The normalized spacial score (nSPS) is 13.6. The molecule has 1 saturated heterocycles. The number of carbonyl (C=O) groups is 2. The number of rotatable bonds is 4. The van der Waals surface area contributed by atoms with Gasteiger partial charge in [-0.15, -0.1) is 0 Å². The molecule has 1 heterocycles. The van der Waals surface area contributed by atoms with Crippen molar-refractivity contribution >= 4 is 29.0 Å². The first kappa shape index (κ1) is 21.4. The summed E-state index contributed by atoms with van der Waals surface area (Å²) < 4.78 is 13.1. The van der Waals surface area contributed by atoms with Gasteiger partial charge in [-0.1, -0.05) is 24.3 Å². The smallest absolute Gasteiger partial charge is 0.321 e. The van der Waals surface area contributed by atoms with Crippen LogP contribution in [0.5, 0.6) is 0 Å². The summed E-state index contributed by atoms with van der Waals surface area (Å²) >= 11 is 0. The van der Waals surface area contributed by atoms with Crippen LogP contribution in [-0.2, 0) is 0 Å². The highest BCUT2D eigenvalue weighted by molar-refractivity contribution is 6.06. The van der Waals surface area contributed by atoms with E-state index in [1.165, 1.54) is 12.1 Å². The highest BCUT2D eigenvalue weighted by Crippen LogP contribution is 2.19. The predicted molar refractivity (Wildman–Crippen MR) is 125 cm³/mol. The molecule has 1 N–H and O–H groups in total. The van der Waals surface area contributed by atoms with Crippen LogP contribution in [0.4, 0.5) is 26.2 Å². The number of hydrogen-bond donors (Lipinski definition) is 1. The highest BCUT2D eigenvalue weighted by Gasteiger charge is 2.22. The van der Waals surface area contributed by atoms with Crippen molar-refractivity contribution < 1.29 is 14.0 Å². The largest absolute Gasteiger partial charge is 0.368 e. The molecule has 0 radical (unpaired) electrons. The number of nitrogens with zero attached hydrogens (tertiary/aromatic N) is 3. The molecule has 0 saturated carbocycles. The zero-order valence-corrected chi connectivity index (χ0v) is 17.9. The van der Waals surface area contributed by atoms with E-state index in [0.717, 1.165) is 11.4 Å². The molecule has 7 heteroatoms. The quantitative estimate of drug-likeness (QED) is 0.663. The molecule has 0 aromatic heterocycles. The molecule has 4 rings (SSSR count). The van der Waals surface area contributed by atoms with E-state index in [-0.39, 0.29) is 17.8 Å². The van der Waals surface area contributed by atoms with Gasteiger partial charge in [-0.05, 0) is 54.6 Å². The van der Waals surface area contributed by atoms with E-state index in [0.29, 0.717) is 37.4 Å². The topological polar surface area (TPSA) is 55.9 Å². The Kier molecular flexibility index (Phi) is 6.35. The highest BCUT2D eigenvalue weighted by atomic mass is 19.1. The lowest BCUT2D eigenvalue weighted by molar-refractivity contribution is 0.0993. The summed E-state index contributed by atoms with van der Waals surface area (Å²) in [4.78, 5) is 31.0. The maximum Gasteiger partial charge on any atom is 0.321 e. The van der Waals surface area contributed by atoms with E-state index in [1.54, 1.807) is 53.2 Å². The molecule has 32 heavy (non-hydrogen) atoms. The first-order valence-electron chi connectivity index (χ1n) is 10.5. The van der Waals surface area contributed by atoms with Gasteiger partial charge in [0.05, 0.1) is 0 Å². The summed E-state index contributed by atoms with van der Waals surface area (Å²) in [7, 11) is 1.73. The maximum absolute atomic E-state index is 13.1. The fraction of sp³-hybridized carbons (Fsp3) is 0.200. The van der Waals surface area contributed by atoms with Crippen molar-refractivity contribution in [1.29, 1.82) is 0 Å². The van der Waals surface area contributed by atoms with Crippen LogP contribution in [0, 0.1) is 5.82 Å². The van der Waals surface area contributed by atoms with E-state index in [2.05, 4.69) is 10.2 Å². The van der Waals surface area contributed by atoms with Crippen LogP contribution in [0.25, 0.3) is 0 Å². The molecule has 164 valence electrons. The lowest BCUT2D eigenvalue weighted by Crippen LogP contribution is -2.50. The van der Waals surface area contributed by atoms with Crippen molar-refractivity contribution in [2.45, 2.75) is 0 Å². The molecule has 1 fully saturated rings. The van der Waals surface area contributed by atoms with Crippen LogP contribution in [-0.4, -0.2) is 50.1 Å². The number of amides is 3. The number of hydrogen-bond acceptors (Lipinski definition) is 3. The Labute approximate surface area is 186 Å². The minimum atomic E-state index is -0.262. The minimum Gasteiger partial charge on any atom is -0.368 e. The second-order valence-electron chi connectivity index (χ2n) is 7.66. The van der Waals surface area contributed by atoms with Gasteiger partial charge in [0.2, 0.25) is 0 Å². The molecule has 3 amide bonds. The Morgan fingerprint density at radius 3 is 2.25 bits per heavy atom. The summed E-state index contributed by atoms with van der Waals surface area (Å²) in [6, 6.07) is 22.5. The van der Waals surface area contributed by atoms with Gasteiger partial charge in [0.25, 0.3) is 5.91 Å². The van der Waals surface area contributed by atoms with Gasteiger partial charge in [-0.3, -0.25) is 4.79 Å². The molecule has 1 aliphatic rings. The third-order valence-electron chi connectivity index (χ3n) is 5.57. The number of para-hydroxylation sites is 1.